The lowest BCUT2D eigenvalue weighted by Gasteiger charge is -2.17. The van der Waals surface area contributed by atoms with Crippen molar-refractivity contribution in [2.24, 2.45) is 5.73 Å². The standard InChI is InChI=1S/C19H21N3O4S/c1-13-4-9-16(12-17(13)19(24)22-10-2-3-11-22)27(25,26)21-15-7-5-14(6-8-15)18(20)23/h4-9,12,21H,2-3,10-11H2,1H3,(H2,20,23). The maximum absolute atomic E-state index is 12.7. The highest BCUT2D eigenvalue weighted by Gasteiger charge is 2.23. The third-order valence-corrected chi connectivity index (χ3v) is 5.94. The molecular weight excluding hydrogens is 366 g/mol. The second-order valence-electron chi connectivity index (χ2n) is 6.52. The minimum absolute atomic E-state index is 0.00891. The van der Waals surface area contributed by atoms with Crippen LogP contribution in [0.25, 0.3) is 0 Å². The van der Waals surface area contributed by atoms with Crippen LogP contribution in [-0.2, 0) is 10.0 Å². The summed E-state index contributed by atoms with van der Waals surface area (Å²) in [6.07, 6.45) is 1.93. The van der Waals surface area contributed by atoms with Crippen LogP contribution >= 0.6 is 0 Å². The smallest absolute Gasteiger partial charge is 0.261 e. The van der Waals surface area contributed by atoms with Gasteiger partial charge in [-0.3, -0.25) is 14.3 Å². The van der Waals surface area contributed by atoms with E-state index in [9.17, 15) is 18.0 Å². The number of hydrogen-bond donors (Lipinski definition) is 2. The third kappa shape index (κ3) is 4.11. The third-order valence-electron chi connectivity index (χ3n) is 4.56. The molecule has 2 aromatic rings. The number of benzene rings is 2. The van der Waals surface area contributed by atoms with Crippen molar-refractivity contribution in [3.8, 4) is 0 Å². The predicted molar refractivity (Wildman–Crippen MR) is 102 cm³/mol. The highest BCUT2D eigenvalue weighted by molar-refractivity contribution is 7.92. The Morgan fingerprint density at radius 2 is 1.67 bits per heavy atom. The molecule has 0 unspecified atom stereocenters. The van der Waals surface area contributed by atoms with Crippen LogP contribution in [0.2, 0.25) is 0 Å². The Hall–Kier alpha value is -2.87. The topological polar surface area (TPSA) is 110 Å². The largest absolute Gasteiger partial charge is 0.366 e. The van der Waals surface area contributed by atoms with Gasteiger partial charge in [-0.2, -0.15) is 0 Å². The maximum Gasteiger partial charge on any atom is 0.261 e. The van der Waals surface area contributed by atoms with E-state index in [4.69, 9.17) is 5.73 Å². The van der Waals surface area contributed by atoms with Crippen LogP contribution < -0.4 is 10.5 Å². The van der Waals surface area contributed by atoms with Gasteiger partial charge in [-0.15, -0.1) is 0 Å². The van der Waals surface area contributed by atoms with Gasteiger partial charge < -0.3 is 10.6 Å². The number of carbonyl (C=O) groups excluding carboxylic acids is 2. The minimum Gasteiger partial charge on any atom is -0.366 e. The van der Waals surface area contributed by atoms with Crippen molar-refractivity contribution < 1.29 is 18.0 Å². The monoisotopic (exact) mass is 387 g/mol. The van der Waals surface area contributed by atoms with Gasteiger partial charge in [0.25, 0.3) is 15.9 Å². The first kappa shape index (κ1) is 18.9. The zero-order valence-corrected chi connectivity index (χ0v) is 15.8. The lowest BCUT2D eigenvalue weighted by Crippen LogP contribution is -2.28. The number of aryl methyl sites for hydroxylation is 1. The molecule has 0 aromatic heterocycles. The first-order valence-corrected chi connectivity index (χ1v) is 10.1. The second-order valence-corrected chi connectivity index (χ2v) is 8.21. The highest BCUT2D eigenvalue weighted by Crippen LogP contribution is 2.22. The Balaban J connectivity index is 1.86. The van der Waals surface area contributed by atoms with E-state index in [1.165, 1.54) is 36.4 Å². The van der Waals surface area contributed by atoms with E-state index in [0.717, 1.165) is 18.4 Å². The van der Waals surface area contributed by atoms with Gasteiger partial charge in [0.1, 0.15) is 0 Å². The lowest BCUT2D eigenvalue weighted by molar-refractivity contribution is 0.0791. The van der Waals surface area contributed by atoms with E-state index in [1.54, 1.807) is 17.9 Å². The molecule has 3 rings (SSSR count). The quantitative estimate of drug-likeness (QED) is 0.819. The normalized spacial score (nSPS) is 14.2. The SMILES string of the molecule is Cc1ccc(S(=O)(=O)Nc2ccc(C(N)=O)cc2)cc1C(=O)N1CCCC1. The molecule has 0 radical (unpaired) electrons. The van der Waals surface area contributed by atoms with Gasteiger partial charge in [0.05, 0.1) is 4.90 Å². The molecule has 2 amide bonds. The Labute approximate surface area is 158 Å². The number of nitrogens with two attached hydrogens (primary N) is 1. The fraction of sp³-hybridized carbons (Fsp3) is 0.263. The number of primary amides is 1. The van der Waals surface area contributed by atoms with Gasteiger partial charge >= 0.3 is 0 Å². The molecule has 1 saturated heterocycles. The summed E-state index contributed by atoms with van der Waals surface area (Å²) in [6, 6.07) is 10.3. The molecule has 27 heavy (non-hydrogen) atoms. The first-order chi connectivity index (χ1) is 12.8. The minimum atomic E-state index is -3.88. The molecule has 1 aliphatic rings. The number of hydrogen-bond acceptors (Lipinski definition) is 4. The van der Waals surface area contributed by atoms with Crippen molar-refractivity contribution in [2.75, 3.05) is 17.8 Å². The van der Waals surface area contributed by atoms with Gasteiger partial charge in [-0.1, -0.05) is 6.07 Å². The molecule has 0 saturated carbocycles. The van der Waals surface area contributed by atoms with E-state index in [2.05, 4.69) is 4.72 Å². The van der Waals surface area contributed by atoms with Crippen molar-refractivity contribution >= 4 is 27.5 Å². The Bertz CT molecular complexity index is 979. The van der Waals surface area contributed by atoms with Crippen LogP contribution in [0.5, 0.6) is 0 Å². The van der Waals surface area contributed by atoms with Crippen molar-refractivity contribution in [1.82, 2.24) is 4.90 Å². The van der Waals surface area contributed by atoms with Crippen LogP contribution in [0.15, 0.2) is 47.4 Å². The summed E-state index contributed by atoms with van der Waals surface area (Å²) in [5, 5.41) is 0. The van der Waals surface area contributed by atoms with E-state index in [1.807, 2.05) is 0 Å². The Kier molecular flexibility index (Phi) is 5.18. The van der Waals surface area contributed by atoms with Crippen molar-refractivity contribution in [1.29, 1.82) is 0 Å². The van der Waals surface area contributed by atoms with E-state index in [0.29, 0.717) is 24.3 Å². The van der Waals surface area contributed by atoms with Gasteiger partial charge in [-0.25, -0.2) is 8.42 Å². The molecule has 1 aliphatic heterocycles. The molecule has 1 fully saturated rings. The van der Waals surface area contributed by atoms with Crippen LogP contribution in [0, 0.1) is 6.92 Å². The van der Waals surface area contributed by atoms with Crippen LogP contribution in [0.4, 0.5) is 5.69 Å². The maximum atomic E-state index is 12.7. The molecule has 2 aromatic carbocycles. The number of carbonyl (C=O) groups is 2. The summed E-state index contributed by atoms with van der Waals surface area (Å²) in [4.78, 5) is 25.5. The van der Waals surface area contributed by atoms with Gasteiger partial charge in [0.15, 0.2) is 0 Å². The second kappa shape index (κ2) is 7.40. The molecule has 142 valence electrons. The highest BCUT2D eigenvalue weighted by atomic mass is 32.2. The van der Waals surface area contributed by atoms with E-state index in [-0.39, 0.29) is 16.4 Å². The zero-order valence-electron chi connectivity index (χ0n) is 14.9. The first-order valence-electron chi connectivity index (χ1n) is 8.60. The fourth-order valence-electron chi connectivity index (χ4n) is 3.01. The lowest BCUT2D eigenvalue weighted by atomic mass is 10.1. The van der Waals surface area contributed by atoms with Gasteiger partial charge in [-0.05, 0) is 61.7 Å². The number of nitrogens with zero attached hydrogens (tertiary/aromatic N) is 1. The summed E-state index contributed by atoms with van der Waals surface area (Å²) in [7, 11) is -3.88. The number of anilines is 1. The Morgan fingerprint density at radius 3 is 2.26 bits per heavy atom. The fourth-order valence-corrected chi connectivity index (χ4v) is 4.09. The average Bonchev–Trinajstić information content (AvgIpc) is 3.16. The zero-order chi connectivity index (χ0) is 19.6. The summed E-state index contributed by atoms with van der Waals surface area (Å²) in [5.41, 5.74) is 6.89. The molecular formula is C19H21N3O4S. The van der Waals surface area contributed by atoms with Crippen LogP contribution in [-0.4, -0.2) is 38.2 Å². The number of nitrogens with one attached hydrogen (secondary N) is 1. The van der Waals surface area contributed by atoms with Gasteiger partial charge in [0, 0.05) is 29.9 Å². The Morgan fingerprint density at radius 1 is 1.04 bits per heavy atom. The summed E-state index contributed by atoms with van der Waals surface area (Å²) >= 11 is 0. The number of likely N-dealkylation sites (tertiary alicyclic amines) is 1. The van der Waals surface area contributed by atoms with Crippen molar-refractivity contribution in [3.05, 3.63) is 59.2 Å². The molecule has 3 N–H and O–H groups in total. The molecule has 0 aliphatic carbocycles. The molecule has 0 spiro atoms. The number of sulfonamides is 1. The molecule has 0 bridgehead atoms. The van der Waals surface area contributed by atoms with Crippen molar-refractivity contribution in [3.63, 3.8) is 0 Å². The number of amides is 2. The van der Waals surface area contributed by atoms with Crippen LogP contribution in [0.1, 0.15) is 39.1 Å². The number of rotatable bonds is 5. The summed E-state index contributed by atoms with van der Waals surface area (Å²) in [6.45, 7) is 3.18. The molecule has 8 heteroatoms. The predicted octanol–water partition coefficient (Wildman–Crippen LogP) is 2.13. The summed E-state index contributed by atoms with van der Waals surface area (Å²) in [5.74, 6) is -0.735. The van der Waals surface area contributed by atoms with E-state index >= 15 is 0 Å². The molecule has 7 nitrogen and oxygen atoms in total. The van der Waals surface area contributed by atoms with Gasteiger partial charge in [0.2, 0.25) is 5.91 Å². The average molecular weight is 387 g/mol. The van der Waals surface area contributed by atoms with Crippen molar-refractivity contribution in [2.45, 2.75) is 24.7 Å². The summed E-state index contributed by atoms with van der Waals surface area (Å²) < 4.78 is 27.9. The van der Waals surface area contributed by atoms with E-state index < -0.39 is 15.9 Å². The molecule has 1 heterocycles. The van der Waals surface area contributed by atoms with Crippen LogP contribution in [0.3, 0.4) is 0 Å². The molecule has 0 atom stereocenters.